The molecule has 2 fully saturated rings. The average molecular weight is 308 g/mol. The lowest BCUT2D eigenvalue weighted by Gasteiger charge is -2.29. The number of rotatable bonds is 8. The van der Waals surface area contributed by atoms with Gasteiger partial charge in [0.05, 0.1) is 5.75 Å². The van der Waals surface area contributed by atoms with Gasteiger partial charge in [0.2, 0.25) is 10.0 Å². The van der Waals surface area contributed by atoms with E-state index < -0.39 is 10.0 Å². The van der Waals surface area contributed by atoms with Crippen molar-refractivity contribution in [2.75, 3.05) is 18.2 Å². The van der Waals surface area contributed by atoms with Gasteiger partial charge in [0.25, 0.3) is 0 Å². The summed E-state index contributed by atoms with van der Waals surface area (Å²) in [5, 5.41) is 0. The van der Waals surface area contributed by atoms with Gasteiger partial charge in [-0.15, -0.1) is 11.6 Å². The lowest BCUT2D eigenvalue weighted by Crippen LogP contribution is -2.39. The van der Waals surface area contributed by atoms with E-state index in [2.05, 4.69) is 0 Å². The van der Waals surface area contributed by atoms with Crippen LogP contribution in [0, 0.1) is 5.92 Å². The lowest BCUT2D eigenvalue weighted by molar-refractivity contribution is 0.274. The third-order valence-corrected chi connectivity index (χ3v) is 6.49. The molecular formula is C14H26ClNO2S. The Balaban J connectivity index is 1.90. The zero-order valence-electron chi connectivity index (χ0n) is 11.7. The molecule has 0 radical (unpaired) electrons. The second kappa shape index (κ2) is 7.28. The summed E-state index contributed by atoms with van der Waals surface area (Å²) in [7, 11) is -3.06. The van der Waals surface area contributed by atoms with E-state index >= 15 is 0 Å². The van der Waals surface area contributed by atoms with Crippen molar-refractivity contribution >= 4 is 21.6 Å². The van der Waals surface area contributed by atoms with Crippen molar-refractivity contribution in [1.82, 2.24) is 4.31 Å². The molecule has 0 bridgehead atoms. The van der Waals surface area contributed by atoms with Crippen LogP contribution in [0.1, 0.15) is 57.8 Å². The Morgan fingerprint density at radius 3 is 2.26 bits per heavy atom. The van der Waals surface area contributed by atoms with E-state index in [9.17, 15) is 8.42 Å². The first-order valence-corrected chi connectivity index (χ1v) is 9.83. The number of hydrogen-bond acceptors (Lipinski definition) is 2. The highest BCUT2D eigenvalue weighted by Gasteiger charge is 2.38. The molecule has 0 aliphatic heterocycles. The minimum Gasteiger partial charge on any atom is -0.212 e. The second-order valence-corrected chi connectivity index (χ2v) is 8.44. The maximum absolute atomic E-state index is 12.4. The molecule has 3 nitrogen and oxygen atoms in total. The molecule has 2 rings (SSSR count). The van der Waals surface area contributed by atoms with Gasteiger partial charge in [-0.05, 0) is 44.4 Å². The van der Waals surface area contributed by atoms with E-state index in [1.54, 1.807) is 0 Å². The summed E-state index contributed by atoms with van der Waals surface area (Å²) in [6.07, 6.45) is 9.89. The predicted octanol–water partition coefficient (Wildman–Crippen LogP) is 3.38. The van der Waals surface area contributed by atoms with Crippen LogP contribution in [0.5, 0.6) is 0 Å². The van der Waals surface area contributed by atoms with E-state index in [0.717, 1.165) is 25.8 Å². The SMILES string of the molecule is O=S(=O)(CCCCCl)N(CC1CCCCC1)C1CC1. The fourth-order valence-electron chi connectivity index (χ4n) is 2.97. The van der Waals surface area contributed by atoms with Crippen LogP contribution in [0.4, 0.5) is 0 Å². The molecule has 2 aliphatic carbocycles. The Bertz CT molecular complexity index is 362. The summed E-state index contributed by atoms with van der Waals surface area (Å²) < 4.78 is 26.7. The Morgan fingerprint density at radius 2 is 1.68 bits per heavy atom. The Hall–Kier alpha value is 0.200. The van der Waals surface area contributed by atoms with Gasteiger partial charge in [0.1, 0.15) is 0 Å². The molecule has 0 heterocycles. The van der Waals surface area contributed by atoms with Crippen LogP contribution in [0.3, 0.4) is 0 Å². The fraction of sp³-hybridized carbons (Fsp3) is 1.00. The molecule has 0 aromatic heterocycles. The summed E-state index contributed by atoms with van der Waals surface area (Å²) in [6, 6.07) is 0.308. The summed E-state index contributed by atoms with van der Waals surface area (Å²) in [6.45, 7) is 0.772. The first-order valence-electron chi connectivity index (χ1n) is 7.69. The quantitative estimate of drug-likeness (QED) is 0.509. The highest BCUT2D eigenvalue weighted by Crippen LogP contribution is 2.33. The third-order valence-electron chi connectivity index (χ3n) is 4.26. The normalized spacial score (nSPS) is 22.0. The van der Waals surface area contributed by atoms with E-state index in [1.165, 1.54) is 32.1 Å². The number of alkyl halides is 1. The molecular weight excluding hydrogens is 282 g/mol. The van der Waals surface area contributed by atoms with Gasteiger partial charge in [-0.2, -0.15) is 4.31 Å². The molecule has 0 saturated heterocycles. The number of halogens is 1. The van der Waals surface area contributed by atoms with Gasteiger partial charge < -0.3 is 0 Å². The first kappa shape index (κ1) is 15.6. The summed E-state index contributed by atoms with van der Waals surface area (Å²) in [4.78, 5) is 0. The molecule has 0 amide bonds. The highest BCUT2D eigenvalue weighted by atomic mass is 35.5. The summed E-state index contributed by atoms with van der Waals surface area (Å²) >= 11 is 5.63. The zero-order chi connectivity index (χ0) is 13.7. The number of sulfonamides is 1. The minimum atomic E-state index is -3.06. The van der Waals surface area contributed by atoms with Gasteiger partial charge in [-0.1, -0.05) is 19.3 Å². The molecule has 0 aromatic carbocycles. The van der Waals surface area contributed by atoms with Gasteiger partial charge >= 0.3 is 0 Å². The maximum Gasteiger partial charge on any atom is 0.214 e. The molecule has 0 unspecified atom stereocenters. The second-order valence-electron chi connectivity index (χ2n) is 6.02. The van der Waals surface area contributed by atoms with Gasteiger partial charge in [0.15, 0.2) is 0 Å². The molecule has 5 heteroatoms. The Morgan fingerprint density at radius 1 is 1.00 bits per heavy atom. The summed E-state index contributed by atoms with van der Waals surface area (Å²) in [5.41, 5.74) is 0. The topological polar surface area (TPSA) is 37.4 Å². The molecule has 19 heavy (non-hydrogen) atoms. The van der Waals surface area contributed by atoms with Crippen molar-refractivity contribution < 1.29 is 8.42 Å². The van der Waals surface area contributed by atoms with Crippen LogP contribution in [-0.4, -0.2) is 36.9 Å². The van der Waals surface area contributed by atoms with E-state index in [1.807, 2.05) is 4.31 Å². The van der Waals surface area contributed by atoms with E-state index in [4.69, 9.17) is 11.6 Å². The maximum atomic E-state index is 12.4. The van der Waals surface area contributed by atoms with Gasteiger partial charge in [-0.3, -0.25) is 0 Å². The van der Waals surface area contributed by atoms with Crippen molar-refractivity contribution in [3.8, 4) is 0 Å². The number of nitrogens with zero attached hydrogens (tertiary/aromatic N) is 1. The van der Waals surface area contributed by atoms with Crippen molar-refractivity contribution in [3.05, 3.63) is 0 Å². The van der Waals surface area contributed by atoms with E-state index in [0.29, 0.717) is 24.3 Å². The molecule has 0 spiro atoms. The molecule has 0 atom stereocenters. The lowest BCUT2D eigenvalue weighted by atomic mass is 9.89. The monoisotopic (exact) mass is 307 g/mol. The van der Waals surface area contributed by atoms with Gasteiger partial charge in [0, 0.05) is 18.5 Å². The first-order chi connectivity index (χ1) is 9.13. The zero-order valence-corrected chi connectivity index (χ0v) is 13.3. The van der Waals surface area contributed by atoms with Crippen LogP contribution in [0.25, 0.3) is 0 Å². The summed E-state index contributed by atoms with van der Waals surface area (Å²) in [5.74, 6) is 1.43. The standard InChI is InChI=1S/C14H26ClNO2S/c15-10-4-5-11-19(17,18)16(14-8-9-14)12-13-6-2-1-3-7-13/h13-14H,1-12H2. The van der Waals surface area contributed by atoms with E-state index in [-0.39, 0.29) is 5.75 Å². The number of hydrogen-bond donors (Lipinski definition) is 0. The molecule has 0 N–H and O–H groups in total. The fourth-order valence-corrected chi connectivity index (χ4v) is 5.07. The van der Waals surface area contributed by atoms with Crippen LogP contribution in [0.2, 0.25) is 0 Å². The number of unbranched alkanes of at least 4 members (excludes halogenated alkanes) is 1. The largest absolute Gasteiger partial charge is 0.214 e. The van der Waals surface area contributed by atoms with Crippen molar-refractivity contribution in [1.29, 1.82) is 0 Å². The van der Waals surface area contributed by atoms with Crippen molar-refractivity contribution in [2.45, 2.75) is 63.8 Å². The van der Waals surface area contributed by atoms with Crippen LogP contribution >= 0.6 is 11.6 Å². The van der Waals surface area contributed by atoms with Crippen molar-refractivity contribution in [2.24, 2.45) is 5.92 Å². The smallest absolute Gasteiger partial charge is 0.212 e. The molecule has 2 aliphatic rings. The molecule has 0 aromatic rings. The molecule has 2 saturated carbocycles. The van der Waals surface area contributed by atoms with Crippen LogP contribution in [0.15, 0.2) is 0 Å². The van der Waals surface area contributed by atoms with Crippen LogP contribution in [-0.2, 0) is 10.0 Å². The Kier molecular flexibility index (Phi) is 5.97. The van der Waals surface area contributed by atoms with Gasteiger partial charge in [-0.25, -0.2) is 8.42 Å². The van der Waals surface area contributed by atoms with Crippen LogP contribution < -0.4 is 0 Å². The minimum absolute atomic E-state index is 0.281. The Labute approximate surface area is 122 Å². The molecule has 112 valence electrons. The highest BCUT2D eigenvalue weighted by molar-refractivity contribution is 7.89. The van der Waals surface area contributed by atoms with Crippen molar-refractivity contribution in [3.63, 3.8) is 0 Å². The predicted molar refractivity (Wildman–Crippen MR) is 80.0 cm³/mol. The average Bonchev–Trinajstić information content (AvgIpc) is 3.21. The third kappa shape index (κ3) is 4.91.